The van der Waals surface area contributed by atoms with Crippen LogP contribution in [0.5, 0.6) is 23.0 Å². The van der Waals surface area contributed by atoms with Gasteiger partial charge in [-0.3, -0.25) is 14.4 Å². The second kappa shape index (κ2) is 9.76. The first-order valence-corrected chi connectivity index (χ1v) is 10.9. The number of fused-ring (bicyclic) bond motifs is 1. The molecule has 0 unspecified atom stereocenters. The standard InChI is InChI=1S/C26H25N3O6/c1-5-34-17-9-11-18(12-10-17)35-23-15-22-21(28(2)25(31)26(32)29(22)3)14-20(23)27-24(30)16-7-6-8-19(13-16)33-4/h6-15H,5H2,1-4H3,(H,27,30). The van der Waals surface area contributed by atoms with Crippen LogP contribution < -0.4 is 30.6 Å². The molecule has 0 spiro atoms. The number of anilines is 1. The van der Waals surface area contributed by atoms with E-state index in [1.54, 1.807) is 60.7 Å². The molecule has 180 valence electrons. The lowest BCUT2D eigenvalue weighted by Gasteiger charge is -2.17. The fraction of sp³-hybridized carbons (Fsp3) is 0.192. The van der Waals surface area contributed by atoms with Crippen molar-refractivity contribution >= 4 is 22.6 Å². The quantitative estimate of drug-likeness (QED) is 0.409. The molecule has 1 aromatic heterocycles. The summed E-state index contributed by atoms with van der Waals surface area (Å²) < 4.78 is 19.3. The van der Waals surface area contributed by atoms with E-state index in [1.165, 1.54) is 30.3 Å². The first-order valence-electron chi connectivity index (χ1n) is 10.9. The number of nitrogens with zero attached hydrogens (tertiary/aromatic N) is 2. The molecule has 0 aliphatic heterocycles. The lowest BCUT2D eigenvalue weighted by atomic mass is 10.1. The van der Waals surface area contributed by atoms with Crippen LogP contribution in [-0.2, 0) is 14.1 Å². The zero-order valence-corrected chi connectivity index (χ0v) is 19.8. The maximum Gasteiger partial charge on any atom is 0.316 e. The fourth-order valence-corrected chi connectivity index (χ4v) is 3.64. The number of methoxy groups -OCH3 is 1. The van der Waals surface area contributed by atoms with Crippen LogP contribution in [-0.4, -0.2) is 28.8 Å². The van der Waals surface area contributed by atoms with E-state index in [1.807, 2.05) is 6.92 Å². The third-order valence-corrected chi connectivity index (χ3v) is 5.53. The molecule has 9 heteroatoms. The summed E-state index contributed by atoms with van der Waals surface area (Å²) in [6.45, 7) is 2.44. The Morgan fingerprint density at radius 3 is 2.11 bits per heavy atom. The van der Waals surface area contributed by atoms with E-state index in [0.29, 0.717) is 51.9 Å². The van der Waals surface area contributed by atoms with E-state index < -0.39 is 17.0 Å². The van der Waals surface area contributed by atoms with Crippen molar-refractivity contribution in [3.63, 3.8) is 0 Å². The number of carbonyl (C=O) groups excluding carboxylic acids is 1. The molecule has 1 amide bonds. The van der Waals surface area contributed by atoms with Crippen molar-refractivity contribution in [2.75, 3.05) is 19.0 Å². The monoisotopic (exact) mass is 475 g/mol. The maximum absolute atomic E-state index is 13.0. The number of nitrogens with one attached hydrogen (secondary N) is 1. The van der Waals surface area contributed by atoms with Gasteiger partial charge in [0.05, 0.1) is 30.4 Å². The largest absolute Gasteiger partial charge is 0.497 e. The lowest BCUT2D eigenvalue weighted by molar-refractivity contribution is 0.102. The zero-order chi connectivity index (χ0) is 25.1. The molecule has 4 rings (SSSR count). The van der Waals surface area contributed by atoms with E-state index in [-0.39, 0.29) is 0 Å². The third-order valence-electron chi connectivity index (χ3n) is 5.53. The molecule has 35 heavy (non-hydrogen) atoms. The highest BCUT2D eigenvalue weighted by atomic mass is 16.5. The smallest absolute Gasteiger partial charge is 0.316 e. The van der Waals surface area contributed by atoms with Gasteiger partial charge in [0.25, 0.3) is 5.91 Å². The molecule has 1 heterocycles. The van der Waals surface area contributed by atoms with E-state index in [9.17, 15) is 14.4 Å². The van der Waals surface area contributed by atoms with E-state index in [2.05, 4.69) is 5.32 Å². The first-order chi connectivity index (χ1) is 16.8. The summed E-state index contributed by atoms with van der Waals surface area (Å²) in [6.07, 6.45) is 0. The van der Waals surface area contributed by atoms with Gasteiger partial charge >= 0.3 is 11.1 Å². The number of hydrogen-bond donors (Lipinski definition) is 1. The van der Waals surface area contributed by atoms with Gasteiger partial charge in [-0.1, -0.05) is 6.07 Å². The summed E-state index contributed by atoms with van der Waals surface area (Å²) in [5, 5.41) is 2.86. The highest BCUT2D eigenvalue weighted by molar-refractivity contribution is 6.06. The molecule has 4 aromatic rings. The fourth-order valence-electron chi connectivity index (χ4n) is 3.64. The van der Waals surface area contributed by atoms with Crippen molar-refractivity contribution in [1.29, 1.82) is 0 Å². The summed E-state index contributed by atoms with van der Waals surface area (Å²) in [6, 6.07) is 17.0. The Balaban J connectivity index is 1.81. The van der Waals surface area contributed by atoms with Gasteiger partial charge in [-0.2, -0.15) is 0 Å². The first kappa shape index (κ1) is 23.6. The van der Waals surface area contributed by atoms with Gasteiger partial charge in [-0.05, 0) is 55.5 Å². The molecule has 1 N–H and O–H groups in total. The van der Waals surface area contributed by atoms with E-state index >= 15 is 0 Å². The molecule has 0 saturated heterocycles. The van der Waals surface area contributed by atoms with E-state index in [4.69, 9.17) is 14.2 Å². The summed E-state index contributed by atoms with van der Waals surface area (Å²) in [5.74, 6) is 1.64. The molecular weight excluding hydrogens is 450 g/mol. The minimum atomic E-state index is -0.676. The molecule has 0 aliphatic carbocycles. The van der Waals surface area contributed by atoms with Crippen LogP contribution >= 0.6 is 0 Å². The highest BCUT2D eigenvalue weighted by Crippen LogP contribution is 2.34. The molecule has 3 aromatic carbocycles. The van der Waals surface area contributed by atoms with Gasteiger partial charge in [0.1, 0.15) is 17.2 Å². The van der Waals surface area contributed by atoms with Gasteiger partial charge in [-0.25, -0.2) is 0 Å². The Kier molecular flexibility index (Phi) is 6.59. The molecule has 9 nitrogen and oxygen atoms in total. The lowest BCUT2D eigenvalue weighted by Crippen LogP contribution is -2.39. The average Bonchev–Trinajstić information content (AvgIpc) is 2.88. The predicted molar refractivity (Wildman–Crippen MR) is 133 cm³/mol. The molecule has 0 fully saturated rings. The van der Waals surface area contributed by atoms with Crippen molar-refractivity contribution in [3.8, 4) is 23.0 Å². The van der Waals surface area contributed by atoms with Gasteiger partial charge in [0.2, 0.25) is 0 Å². The Hall–Kier alpha value is -4.53. The topological polar surface area (TPSA) is 101 Å². The van der Waals surface area contributed by atoms with Crippen molar-refractivity contribution in [2.24, 2.45) is 14.1 Å². The van der Waals surface area contributed by atoms with Crippen LogP contribution in [0.4, 0.5) is 5.69 Å². The number of carbonyl (C=O) groups is 1. The van der Waals surface area contributed by atoms with Gasteiger partial charge in [-0.15, -0.1) is 0 Å². The number of ether oxygens (including phenoxy) is 3. The number of amides is 1. The van der Waals surface area contributed by atoms with E-state index in [0.717, 1.165) is 0 Å². The number of hydrogen-bond acceptors (Lipinski definition) is 6. The molecule has 0 radical (unpaired) electrons. The SMILES string of the molecule is CCOc1ccc(Oc2cc3c(cc2NC(=O)c2cccc(OC)c2)n(C)c(=O)c(=O)n3C)cc1. The van der Waals surface area contributed by atoms with Gasteiger partial charge < -0.3 is 28.7 Å². The Labute approximate surface area is 201 Å². The van der Waals surface area contributed by atoms with Crippen LogP contribution in [0, 0.1) is 0 Å². The number of rotatable bonds is 7. The second-order valence-electron chi connectivity index (χ2n) is 7.76. The average molecular weight is 476 g/mol. The molecule has 0 aliphatic rings. The minimum Gasteiger partial charge on any atom is -0.497 e. The molecule has 0 bridgehead atoms. The van der Waals surface area contributed by atoms with Crippen LogP contribution in [0.25, 0.3) is 11.0 Å². The summed E-state index contributed by atoms with van der Waals surface area (Å²) >= 11 is 0. The molecule has 0 saturated carbocycles. The summed E-state index contributed by atoms with van der Waals surface area (Å²) in [4.78, 5) is 37.8. The number of aromatic nitrogens is 2. The summed E-state index contributed by atoms with van der Waals surface area (Å²) in [5.41, 5.74) is 0.290. The molecule has 0 atom stereocenters. The number of aryl methyl sites for hydroxylation is 2. The minimum absolute atomic E-state index is 0.298. The Morgan fingerprint density at radius 2 is 1.49 bits per heavy atom. The zero-order valence-electron chi connectivity index (χ0n) is 19.8. The highest BCUT2D eigenvalue weighted by Gasteiger charge is 2.17. The van der Waals surface area contributed by atoms with Crippen molar-refractivity contribution in [3.05, 3.63) is 86.9 Å². The third kappa shape index (κ3) is 4.74. The second-order valence-corrected chi connectivity index (χ2v) is 7.76. The van der Waals surface area contributed by atoms with Crippen molar-refractivity contribution in [1.82, 2.24) is 9.13 Å². The molecular formula is C26H25N3O6. The Bertz CT molecular complexity index is 1520. The van der Waals surface area contributed by atoms with Crippen LogP contribution in [0.15, 0.2) is 70.3 Å². The van der Waals surface area contributed by atoms with Crippen LogP contribution in [0.3, 0.4) is 0 Å². The summed E-state index contributed by atoms with van der Waals surface area (Å²) in [7, 11) is 4.54. The predicted octanol–water partition coefficient (Wildman–Crippen LogP) is 3.69. The van der Waals surface area contributed by atoms with Crippen LogP contribution in [0.2, 0.25) is 0 Å². The van der Waals surface area contributed by atoms with Gasteiger partial charge in [0, 0.05) is 25.7 Å². The normalized spacial score (nSPS) is 10.7. The maximum atomic E-state index is 13.0. The van der Waals surface area contributed by atoms with Crippen molar-refractivity contribution in [2.45, 2.75) is 6.92 Å². The van der Waals surface area contributed by atoms with Crippen LogP contribution in [0.1, 0.15) is 17.3 Å². The Morgan fingerprint density at radius 1 is 0.857 bits per heavy atom. The van der Waals surface area contributed by atoms with Crippen molar-refractivity contribution < 1.29 is 19.0 Å². The van der Waals surface area contributed by atoms with Gasteiger partial charge in [0.15, 0.2) is 5.75 Å². The number of benzene rings is 3.